The molecule has 0 radical (unpaired) electrons. The van der Waals surface area contributed by atoms with Crippen LogP contribution >= 0.6 is 12.4 Å². The highest BCUT2D eigenvalue weighted by Gasteiger charge is 2.29. The van der Waals surface area contributed by atoms with E-state index in [1.54, 1.807) is 6.07 Å². The van der Waals surface area contributed by atoms with E-state index in [9.17, 15) is 10.1 Å². The van der Waals surface area contributed by atoms with E-state index in [-0.39, 0.29) is 29.9 Å². The van der Waals surface area contributed by atoms with Crippen LogP contribution in [-0.4, -0.2) is 18.6 Å². The fourth-order valence-electron chi connectivity index (χ4n) is 1.83. The molecule has 17 heavy (non-hydrogen) atoms. The van der Waals surface area contributed by atoms with Gasteiger partial charge in [0.25, 0.3) is 0 Å². The third-order valence-electron chi connectivity index (χ3n) is 2.60. The third kappa shape index (κ3) is 2.27. The van der Waals surface area contributed by atoms with Gasteiger partial charge in [0.2, 0.25) is 5.75 Å². The number of nitrogens with zero attached hydrogens (tertiary/aromatic N) is 1. The molecule has 0 aromatic heterocycles. The van der Waals surface area contributed by atoms with Gasteiger partial charge in [-0.3, -0.25) is 10.1 Å². The zero-order chi connectivity index (χ0) is 11.7. The summed E-state index contributed by atoms with van der Waals surface area (Å²) in [5, 5.41) is 10.8. The van der Waals surface area contributed by atoms with Gasteiger partial charge in [0.15, 0.2) is 0 Å². The van der Waals surface area contributed by atoms with E-state index in [1.165, 1.54) is 13.2 Å². The zero-order valence-corrected chi connectivity index (χ0v) is 10.0. The van der Waals surface area contributed by atoms with Crippen molar-refractivity contribution >= 4 is 18.1 Å². The lowest BCUT2D eigenvalue weighted by Crippen LogP contribution is -2.22. The summed E-state index contributed by atoms with van der Waals surface area (Å²) in [7, 11) is 1.50. The molecule has 0 spiro atoms. The molecule has 0 saturated carbocycles. The van der Waals surface area contributed by atoms with Gasteiger partial charge in [-0.2, -0.15) is 0 Å². The maximum absolute atomic E-state index is 10.8. The first kappa shape index (κ1) is 13.5. The maximum Gasteiger partial charge on any atom is 0.311 e. The van der Waals surface area contributed by atoms with Crippen molar-refractivity contribution in [1.29, 1.82) is 0 Å². The molecule has 2 rings (SSSR count). The minimum Gasteiger partial charge on any atom is -0.496 e. The number of nitro groups is 1. The highest BCUT2D eigenvalue weighted by Crippen LogP contribution is 2.43. The fraction of sp³-hybridized carbons (Fsp3) is 0.400. The van der Waals surface area contributed by atoms with Crippen LogP contribution < -0.4 is 15.2 Å². The second-order valence-electron chi connectivity index (χ2n) is 3.53. The fourth-order valence-corrected chi connectivity index (χ4v) is 1.83. The van der Waals surface area contributed by atoms with Gasteiger partial charge in [0.1, 0.15) is 5.75 Å². The van der Waals surface area contributed by atoms with Gasteiger partial charge in [-0.05, 0) is 6.07 Å². The predicted octanol–water partition coefficient (Wildman–Crippen LogP) is 1.81. The molecular weight excluding hydrogens is 248 g/mol. The van der Waals surface area contributed by atoms with E-state index in [0.717, 1.165) is 0 Å². The van der Waals surface area contributed by atoms with Crippen molar-refractivity contribution in [2.24, 2.45) is 5.73 Å². The molecule has 1 aliphatic rings. The van der Waals surface area contributed by atoms with Crippen molar-refractivity contribution in [3.05, 3.63) is 27.8 Å². The molecule has 1 aromatic rings. The van der Waals surface area contributed by atoms with Crippen molar-refractivity contribution in [2.45, 2.75) is 12.5 Å². The lowest BCUT2D eigenvalue weighted by Gasteiger charge is -2.24. The summed E-state index contributed by atoms with van der Waals surface area (Å²) in [4.78, 5) is 10.3. The first-order valence-corrected chi connectivity index (χ1v) is 4.88. The smallest absolute Gasteiger partial charge is 0.311 e. The first-order valence-electron chi connectivity index (χ1n) is 4.88. The molecular formula is C10H13ClN2O4. The van der Waals surface area contributed by atoms with Gasteiger partial charge in [-0.25, -0.2) is 0 Å². The quantitative estimate of drug-likeness (QED) is 0.647. The molecule has 0 saturated heterocycles. The van der Waals surface area contributed by atoms with Gasteiger partial charge in [-0.1, -0.05) is 0 Å². The summed E-state index contributed by atoms with van der Waals surface area (Å²) in [6, 6.07) is 2.64. The van der Waals surface area contributed by atoms with E-state index in [1.807, 2.05) is 0 Å². The van der Waals surface area contributed by atoms with Gasteiger partial charge < -0.3 is 15.2 Å². The Morgan fingerprint density at radius 3 is 2.88 bits per heavy atom. The molecule has 0 amide bonds. The number of rotatable bonds is 2. The van der Waals surface area contributed by atoms with E-state index < -0.39 is 4.92 Å². The number of halogens is 1. The van der Waals surface area contributed by atoms with Crippen LogP contribution in [0.4, 0.5) is 5.69 Å². The first-order chi connectivity index (χ1) is 7.65. The molecule has 0 fully saturated rings. The average molecular weight is 261 g/mol. The summed E-state index contributed by atoms with van der Waals surface area (Å²) in [6.07, 6.45) is 0.629. The molecule has 6 nitrogen and oxygen atoms in total. The van der Waals surface area contributed by atoms with Crippen molar-refractivity contribution in [3.8, 4) is 11.5 Å². The molecule has 1 aromatic carbocycles. The Labute approximate surface area is 104 Å². The van der Waals surface area contributed by atoms with Crippen molar-refractivity contribution in [1.82, 2.24) is 0 Å². The van der Waals surface area contributed by atoms with Crippen LogP contribution in [-0.2, 0) is 0 Å². The molecule has 94 valence electrons. The Kier molecular flexibility index (Phi) is 4.14. The monoisotopic (exact) mass is 260 g/mol. The van der Waals surface area contributed by atoms with Crippen molar-refractivity contribution in [3.63, 3.8) is 0 Å². The summed E-state index contributed by atoms with van der Waals surface area (Å²) < 4.78 is 10.5. The van der Waals surface area contributed by atoms with Crippen LogP contribution in [0.5, 0.6) is 11.5 Å². The lowest BCUT2D eigenvalue weighted by atomic mass is 9.99. The number of hydrogen-bond acceptors (Lipinski definition) is 5. The van der Waals surface area contributed by atoms with E-state index in [2.05, 4.69) is 0 Å². The van der Waals surface area contributed by atoms with Gasteiger partial charge >= 0.3 is 5.69 Å². The zero-order valence-electron chi connectivity index (χ0n) is 9.21. The SMILES string of the molecule is COc1ccc([N+](=O)[O-])c2c1[C@H](N)CCO2.Cl. The number of benzene rings is 1. The van der Waals surface area contributed by atoms with Crippen LogP contribution in [0.25, 0.3) is 0 Å². The van der Waals surface area contributed by atoms with Crippen LogP contribution in [0.15, 0.2) is 12.1 Å². The second-order valence-corrected chi connectivity index (χ2v) is 3.53. The Bertz CT molecular complexity index is 439. The summed E-state index contributed by atoms with van der Waals surface area (Å²) in [6.45, 7) is 0.391. The molecule has 0 bridgehead atoms. The number of ether oxygens (including phenoxy) is 2. The van der Waals surface area contributed by atoms with E-state index in [0.29, 0.717) is 24.3 Å². The Morgan fingerprint density at radius 2 is 2.29 bits per heavy atom. The standard InChI is InChI=1S/C10H12N2O4.ClH/c1-15-8-3-2-7(12(13)14)10-9(8)6(11)4-5-16-10;/h2-3,6H,4-5,11H2,1H3;1H/t6-;/m1./s1. The van der Waals surface area contributed by atoms with Crippen LogP contribution in [0, 0.1) is 10.1 Å². The third-order valence-corrected chi connectivity index (χ3v) is 2.60. The lowest BCUT2D eigenvalue weighted by molar-refractivity contribution is -0.386. The number of methoxy groups -OCH3 is 1. The minimum absolute atomic E-state index is 0. The highest BCUT2D eigenvalue weighted by molar-refractivity contribution is 5.85. The number of nitro benzene ring substituents is 1. The Balaban J connectivity index is 0.00000144. The summed E-state index contributed by atoms with van der Waals surface area (Å²) in [5.74, 6) is 0.774. The minimum atomic E-state index is -0.476. The number of nitrogens with two attached hydrogens (primary N) is 1. The van der Waals surface area contributed by atoms with Crippen LogP contribution in [0.2, 0.25) is 0 Å². The van der Waals surface area contributed by atoms with Gasteiger partial charge in [0.05, 0.1) is 24.2 Å². The van der Waals surface area contributed by atoms with Crippen LogP contribution in [0.1, 0.15) is 18.0 Å². The van der Waals surface area contributed by atoms with Crippen molar-refractivity contribution < 1.29 is 14.4 Å². The molecule has 0 aliphatic carbocycles. The summed E-state index contributed by atoms with van der Waals surface area (Å²) >= 11 is 0. The predicted molar refractivity (Wildman–Crippen MR) is 63.9 cm³/mol. The summed E-state index contributed by atoms with van der Waals surface area (Å²) in [5.41, 5.74) is 6.43. The maximum atomic E-state index is 10.8. The molecule has 7 heteroatoms. The normalized spacial score (nSPS) is 17.4. The number of hydrogen-bond donors (Lipinski definition) is 1. The van der Waals surface area contributed by atoms with Crippen molar-refractivity contribution in [2.75, 3.05) is 13.7 Å². The van der Waals surface area contributed by atoms with Gasteiger partial charge in [-0.15, -0.1) is 12.4 Å². The topological polar surface area (TPSA) is 87.6 Å². The molecule has 0 unspecified atom stereocenters. The van der Waals surface area contributed by atoms with Gasteiger partial charge in [0, 0.05) is 18.5 Å². The van der Waals surface area contributed by atoms with Crippen LogP contribution in [0.3, 0.4) is 0 Å². The molecule has 1 heterocycles. The van der Waals surface area contributed by atoms with E-state index in [4.69, 9.17) is 15.2 Å². The molecule has 1 atom stereocenters. The number of fused-ring (bicyclic) bond motifs is 1. The van der Waals surface area contributed by atoms with E-state index >= 15 is 0 Å². The average Bonchev–Trinajstić information content (AvgIpc) is 2.27. The second kappa shape index (κ2) is 5.20. The largest absolute Gasteiger partial charge is 0.496 e. The Morgan fingerprint density at radius 1 is 1.59 bits per heavy atom. The molecule has 1 aliphatic heterocycles. The Hall–Kier alpha value is -1.53. The highest BCUT2D eigenvalue weighted by atomic mass is 35.5. The molecule has 2 N–H and O–H groups in total.